The summed E-state index contributed by atoms with van der Waals surface area (Å²) in [5.41, 5.74) is 5.30. The van der Waals surface area contributed by atoms with Crippen molar-refractivity contribution in [2.75, 3.05) is 13.2 Å². The van der Waals surface area contributed by atoms with Crippen LogP contribution in [0, 0.1) is 0 Å². The van der Waals surface area contributed by atoms with E-state index in [4.69, 9.17) is 21.2 Å². The molecule has 15 heavy (non-hydrogen) atoms. The summed E-state index contributed by atoms with van der Waals surface area (Å²) in [5.74, 6) is 0.604. The van der Waals surface area contributed by atoms with Crippen LogP contribution in [0.4, 0.5) is 0 Å². The summed E-state index contributed by atoms with van der Waals surface area (Å²) < 4.78 is 27.1. The number of halogens is 1. The van der Waals surface area contributed by atoms with E-state index < -0.39 is 9.05 Å². The Morgan fingerprint density at radius 3 is 2.33 bits per heavy atom. The van der Waals surface area contributed by atoms with Crippen molar-refractivity contribution in [3.63, 3.8) is 0 Å². The van der Waals surface area contributed by atoms with Crippen LogP contribution in [0.2, 0.25) is 0 Å². The van der Waals surface area contributed by atoms with Gasteiger partial charge in [-0.05, 0) is 37.2 Å². The Balaban J connectivity index is 2.65. The van der Waals surface area contributed by atoms with Gasteiger partial charge in [0, 0.05) is 10.7 Å². The van der Waals surface area contributed by atoms with Crippen LogP contribution < -0.4 is 10.5 Å². The van der Waals surface area contributed by atoms with Gasteiger partial charge < -0.3 is 10.5 Å². The van der Waals surface area contributed by atoms with E-state index in [0.29, 0.717) is 18.9 Å². The maximum absolute atomic E-state index is 10.9. The van der Waals surface area contributed by atoms with E-state index in [9.17, 15) is 8.42 Å². The lowest BCUT2D eigenvalue weighted by atomic mass is 10.3. The molecule has 0 amide bonds. The van der Waals surface area contributed by atoms with E-state index in [0.717, 1.165) is 6.42 Å². The molecule has 4 nitrogen and oxygen atoms in total. The first-order valence-corrected chi connectivity index (χ1v) is 6.72. The second-order valence-electron chi connectivity index (χ2n) is 2.90. The Hall–Kier alpha value is -0.780. The molecule has 0 fully saturated rings. The normalized spacial score (nSPS) is 11.3. The van der Waals surface area contributed by atoms with Crippen molar-refractivity contribution >= 4 is 19.7 Å². The Morgan fingerprint density at radius 1 is 1.27 bits per heavy atom. The van der Waals surface area contributed by atoms with Crippen LogP contribution in [0.3, 0.4) is 0 Å². The molecule has 0 saturated carbocycles. The van der Waals surface area contributed by atoms with E-state index in [1.165, 1.54) is 12.1 Å². The standard InChI is InChI=1S/C9H12ClNO3S/c10-15(12,13)9-4-2-8(3-5-9)14-7-1-6-11/h2-5H,1,6-7,11H2. The molecule has 0 radical (unpaired) electrons. The second kappa shape index (κ2) is 5.34. The number of hydrogen-bond acceptors (Lipinski definition) is 4. The summed E-state index contributed by atoms with van der Waals surface area (Å²) in [5, 5.41) is 0. The highest BCUT2D eigenvalue weighted by molar-refractivity contribution is 8.13. The van der Waals surface area contributed by atoms with Crippen LogP contribution in [0.1, 0.15) is 6.42 Å². The van der Waals surface area contributed by atoms with E-state index >= 15 is 0 Å². The van der Waals surface area contributed by atoms with Crippen LogP contribution in [0.25, 0.3) is 0 Å². The lowest BCUT2D eigenvalue weighted by Gasteiger charge is -2.05. The minimum Gasteiger partial charge on any atom is -0.494 e. The fraction of sp³-hybridized carbons (Fsp3) is 0.333. The largest absolute Gasteiger partial charge is 0.494 e. The van der Waals surface area contributed by atoms with E-state index in [-0.39, 0.29) is 4.90 Å². The highest BCUT2D eigenvalue weighted by atomic mass is 35.7. The second-order valence-corrected chi connectivity index (χ2v) is 5.47. The summed E-state index contributed by atoms with van der Waals surface area (Å²) >= 11 is 0. The summed E-state index contributed by atoms with van der Waals surface area (Å²) in [7, 11) is 1.50. The zero-order valence-corrected chi connectivity index (χ0v) is 9.59. The molecule has 1 aromatic rings. The van der Waals surface area contributed by atoms with Gasteiger partial charge in [0.05, 0.1) is 11.5 Å². The number of nitrogens with two attached hydrogens (primary N) is 1. The molecule has 0 unspecified atom stereocenters. The van der Waals surface area contributed by atoms with Crippen molar-refractivity contribution < 1.29 is 13.2 Å². The van der Waals surface area contributed by atoms with Crippen LogP contribution in [-0.2, 0) is 9.05 Å². The first-order valence-electron chi connectivity index (χ1n) is 4.41. The predicted molar refractivity (Wildman–Crippen MR) is 58.6 cm³/mol. The molecule has 0 heterocycles. The number of rotatable bonds is 5. The third kappa shape index (κ3) is 4.07. The van der Waals surface area contributed by atoms with Crippen molar-refractivity contribution in [3.8, 4) is 5.75 Å². The van der Waals surface area contributed by atoms with Gasteiger partial charge in [-0.1, -0.05) is 0 Å². The Kier molecular flexibility index (Phi) is 4.38. The molecule has 0 bridgehead atoms. The molecule has 1 aromatic carbocycles. The maximum atomic E-state index is 10.9. The lowest BCUT2D eigenvalue weighted by Crippen LogP contribution is -2.06. The molecular formula is C9H12ClNO3S. The summed E-state index contributed by atoms with van der Waals surface area (Å²) in [6, 6.07) is 5.93. The summed E-state index contributed by atoms with van der Waals surface area (Å²) in [6.45, 7) is 1.08. The van der Waals surface area contributed by atoms with E-state index in [1.54, 1.807) is 12.1 Å². The van der Waals surface area contributed by atoms with E-state index in [1.807, 2.05) is 0 Å². The number of benzene rings is 1. The maximum Gasteiger partial charge on any atom is 0.261 e. The average molecular weight is 250 g/mol. The van der Waals surface area contributed by atoms with Gasteiger partial charge in [-0.2, -0.15) is 0 Å². The molecule has 2 N–H and O–H groups in total. The minimum atomic E-state index is -3.65. The average Bonchev–Trinajstić information content (AvgIpc) is 2.18. The molecule has 0 aliphatic carbocycles. The third-order valence-electron chi connectivity index (χ3n) is 1.72. The zero-order chi connectivity index (χ0) is 11.3. The van der Waals surface area contributed by atoms with Gasteiger partial charge in [-0.15, -0.1) is 0 Å². The molecule has 84 valence electrons. The summed E-state index contributed by atoms with van der Waals surface area (Å²) in [6.07, 6.45) is 0.759. The fourth-order valence-corrected chi connectivity index (χ4v) is 1.74. The molecule has 0 spiro atoms. The zero-order valence-electron chi connectivity index (χ0n) is 8.02. The molecule has 0 aliphatic rings. The molecule has 1 rings (SSSR count). The van der Waals surface area contributed by atoms with Gasteiger partial charge in [0.1, 0.15) is 5.75 Å². The predicted octanol–water partition coefficient (Wildman–Crippen LogP) is 1.34. The lowest BCUT2D eigenvalue weighted by molar-refractivity contribution is 0.313. The topological polar surface area (TPSA) is 69.4 Å². The smallest absolute Gasteiger partial charge is 0.261 e. The molecule has 6 heteroatoms. The fourth-order valence-electron chi connectivity index (χ4n) is 0.972. The van der Waals surface area contributed by atoms with Crippen molar-refractivity contribution in [2.24, 2.45) is 5.73 Å². The SMILES string of the molecule is NCCCOc1ccc(S(=O)(=O)Cl)cc1. The van der Waals surface area contributed by atoms with Gasteiger partial charge in [0.2, 0.25) is 0 Å². The van der Waals surface area contributed by atoms with Gasteiger partial charge in [-0.3, -0.25) is 0 Å². The van der Waals surface area contributed by atoms with Crippen LogP contribution in [0.15, 0.2) is 29.2 Å². The molecule has 0 atom stereocenters. The van der Waals surface area contributed by atoms with Crippen molar-refractivity contribution in [3.05, 3.63) is 24.3 Å². The number of hydrogen-bond donors (Lipinski definition) is 1. The minimum absolute atomic E-state index is 0.0651. The Morgan fingerprint density at radius 2 is 1.87 bits per heavy atom. The van der Waals surface area contributed by atoms with Crippen LogP contribution in [-0.4, -0.2) is 21.6 Å². The Bertz CT molecular complexity index is 402. The highest BCUT2D eigenvalue weighted by Gasteiger charge is 2.08. The number of ether oxygens (including phenoxy) is 1. The van der Waals surface area contributed by atoms with Crippen LogP contribution in [0.5, 0.6) is 5.75 Å². The quantitative estimate of drug-likeness (QED) is 0.632. The summed E-state index contributed by atoms with van der Waals surface area (Å²) in [4.78, 5) is 0.0651. The van der Waals surface area contributed by atoms with Gasteiger partial charge in [0.15, 0.2) is 0 Å². The molecule has 0 aliphatic heterocycles. The first-order chi connectivity index (χ1) is 7.04. The van der Waals surface area contributed by atoms with E-state index in [2.05, 4.69) is 0 Å². The highest BCUT2D eigenvalue weighted by Crippen LogP contribution is 2.18. The first kappa shape index (κ1) is 12.3. The monoisotopic (exact) mass is 249 g/mol. The van der Waals surface area contributed by atoms with Crippen LogP contribution >= 0.6 is 10.7 Å². The third-order valence-corrected chi connectivity index (χ3v) is 3.09. The van der Waals surface area contributed by atoms with Gasteiger partial charge in [0.25, 0.3) is 9.05 Å². The van der Waals surface area contributed by atoms with Crippen molar-refractivity contribution in [2.45, 2.75) is 11.3 Å². The van der Waals surface area contributed by atoms with Gasteiger partial charge in [-0.25, -0.2) is 8.42 Å². The van der Waals surface area contributed by atoms with Gasteiger partial charge >= 0.3 is 0 Å². The molecule has 0 aromatic heterocycles. The molecular weight excluding hydrogens is 238 g/mol. The Labute approximate surface area is 93.4 Å². The van der Waals surface area contributed by atoms with Crippen molar-refractivity contribution in [1.29, 1.82) is 0 Å². The molecule has 0 saturated heterocycles. The van der Waals surface area contributed by atoms with Crippen molar-refractivity contribution in [1.82, 2.24) is 0 Å².